The molecule has 0 aromatic rings. The molecule has 128 valence electrons. The van der Waals surface area contributed by atoms with Crippen LogP contribution in [0, 0.1) is 11.8 Å². The third kappa shape index (κ3) is 12.9. The fraction of sp³-hybridized carbons (Fsp3) is 0.762. The second-order valence-electron chi connectivity index (χ2n) is 7.17. The summed E-state index contributed by atoms with van der Waals surface area (Å²) in [6, 6.07) is 0. The van der Waals surface area contributed by atoms with Crippen LogP contribution in [0.5, 0.6) is 0 Å². The van der Waals surface area contributed by atoms with E-state index in [1.54, 1.807) is 0 Å². The van der Waals surface area contributed by atoms with E-state index in [-0.39, 0.29) is 5.92 Å². The lowest BCUT2D eigenvalue weighted by Gasteiger charge is -2.14. The highest BCUT2D eigenvalue weighted by Gasteiger charge is 2.15. The molecule has 1 heteroatoms. The molecule has 0 fully saturated rings. The molecule has 1 nitrogen and oxygen atoms in total. The standard InChI is InChI=1S/C21H38O/c1-6-7-8-9-10-11-12-16-20(5)21(22)17-19(4)15-13-14-18(2)3/h6,14,19-20H,1,7-13,15-17H2,2-5H3/t19-,20?/m1/s1. The van der Waals surface area contributed by atoms with E-state index in [0.29, 0.717) is 11.7 Å². The summed E-state index contributed by atoms with van der Waals surface area (Å²) in [5, 5.41) is 0. The van der Waals surface area contributed by atoms with Crippen molar-refractivity contribution in [3.05, 3.63) is 24.3 Å². The first kappa shape index (κ1) is 21.1. The van der Waals surface area contributed by atoms with Crippen molar-refractivity contribution in [3.63, 3.8) is 0 Å². The molecule has 0 aliphatic heterocycles. The summed E-state index contributed by atoms with van der Waals surface area (Å²) in [6.07, 6.45) is 15.8. The van der Waals surface area contributed by atoms with Gasteiger partial charge >= 0.3 is 0 Å². The van der Waals surface area contributed by atoms with Gasteiger partial charge in [0.05, 0.1) is 0 Å². The van der Waals surface area contributed by atoms with Crippen molar-refractivity contribution in [2.45, 2.75) is 91.9 Å². The summed E-state index contributed by atoms with van der Waals surface area (Å²) in [7, 11) is 0. The van der Waals surface area contributed by atoms with Crippen LogP contribution in [0.2, 0.25) is 0 Å². The maximum absolute atomic E-state index is 12.2. The second kappa shape index (κ2) is 13.8. The lowest BCUT2D eigenvalue weighted by Crippen LogP contribution is -2.14. The van der Waals surface area contributed by atoms with E-state index in [0.717, 1.165) is 32.1 Å². The number of Topliss-reactive ketones (excluding diaryl/α,β-unsaturated/α-hetero) is 1. The molecule has 0 spiro atoms. The van der Waals surface area contributed by atoms with Gasteiger partial charge in [0.25, 0.3) is 0 Å². The quantitative estimate of drug-likeness (QED) is 0.252. The largest absolute Gasteiger partial charge is 0.299 e. The van der Waals surface area contributed by atoms with E-state index < -0.39 is 0 Å². The van der Waals surface area contributed by atoms with Gasteiger partial charge in [-0.25, -0.2) is 0 Å². The van der Waals surface area contributed by atoms with Crippen molar-refractivity contribution in [2.75, 3.05) is 0 Å². The van der Waals surface area contributed by atoms with Crippen LogP contribution in [-0.2, 0) is 4.79 Å². The summed E-state index contributed by atoms with van der Waals surface area (Å²) in [5.41, 5.74) is 1.37. The first-order chi connectivity index (χ1) is 10.5. The van der Waals surface area contributed by atoms with Crippen molar-refractivity contribution in [1.82, 2.24) is 0 Å². The first-order valence-electron chi connectivity index (χ1n) is 9.24. The fourth-order valence-electron chi connectivity index (χ4n) is 2.73. The minimum atomic E-state index is 0.249. The Morgan fingerprint density at radius 1 is 0.955 bits per heavy atom. The van der Waals surface area contributed by atoms with Crippen LogP contribution in [-0.4, -0.2) is 5.78 Å². The molecule has 22 heavy (non-hydrogen) atoms. The Hall–Kier alpha value is -0.850. The van der Waals surface area contributed by atoms with Gasteiger partial charge < -0.3 is 0 Å². The van der Waals surface area contributed by atoms with Gasteiger partial charge in [0.1, 0.15) is 5.78 Å². The zero-order valence-electron chi connectivity index (χ0n) is 15.5. The minimum Gasteiger partial charge on any atom is -0.299 e. The second-order valence-corrected chi connectivity index (χ2v) is 7.17. The summed E-state index contributed by atoms with van der Waals surface area (Å²) in [4.78, 5) is 12.2. The highest BCUT2D eigenvalue weighted by molar-refractivity contribution is 5.80. The fourth-order valence-corrected chi connectivity index (χ4v) is 2.73. The summed E-state index contributed by atoms with van der Waals surface area (Å²) >= 11 is 0. The van der Waals surface area contributed by atoms with Gasteiger partial charge in [0, 0.05) is 12.3 Å². The van der Waals surface area contributed by atoms with Gasteiger partial charge in [0.15, 0.2) is 0 Å². The molecule has 0 aromatic heterocycles. The SMILES string of the molecule is C=CCCCCCCCC(C)C(=O)C[C@H](C)CCC=C(C)C. The van der Waals surface area contributed by atoms with Gasteiger partial charge in [-0.05, 0) is 51.9 Å². The Labute approximate surface area is 139 Å². The topological polar surface area (TPSA) is 17.1 Å². The zero-order valence-corrected chi connectivity index (χ0v) is 15.5. The van der Waals surface area contributed by atoms with Crippen LogP contribution in [0.25, 0.3) is 0 Å². The average Bonchev–Trinajstić information content (AvgIpc) is 2.45. The molecule has 1 unspecified atom stereocenters. The van der Waals surface area contributed by atoms with Crippen molar-refractivity contribution in [1.29, 1.82) is 0 Å². The van der Waals surface area contributed by atoms with Crippen LogP contribution in [0.4, 0.5) is 0 Å². The summed E-state index contributed by atoms with van der Waals surface area (Å²) in [5.74, 6) is 1.24. The van der Waals surface area contributed by atoms with Crippen molar-refractivity contribution >= 4 is 5.78 Å². The van der Waals surface area contributed by atoms with Crippen LogP contribution < -0.4 is 0 Å². The monoisotopic (exact) mass is 306 g/mol. The maximum atomic E-state index is 12.2. The number of unbranched alkanes of at least 4 members (excludes halogenated alkanes) is 5. The number of hydrogen-bond acceptors (Lipinski definition) is 1. The summed E-state index contributed by atoms with van der Waals surface area (Å²) < 4.78 is 0. The molecule has 0 radical (unpaired) electrons. The predicted octanol–water partition coefficient (Wildman–Crippen LogP) is 6.88. The van der Waals surface area contributed by atoms with E-state index in [4.69, 9.17) is 0 Å². The highest BCUT2D eigenvalue weighted by Crippen LogP contribution is 2.19. The number of ketones is 1. The van der Waals surface area contributed by atoms with Crippen molar-refractivity contribution < 1.29 is 4.79 Å². The van der Waals surface area contributed by atoms with Crippen LogP contribution in [0.15, 0.2) is 24.3 Å². The van der Waals surface area contributed by atoms with E-state index >= 15 is 0 Å². The lowest BCUT2D eigenvalue weighted by atomic mass is 9.90. The van der Waals surface area contributed by atoms with Gasteiger partial charge in [-0.3, -0.25) is 4.79 Å². The number of allylic oxidation sites excluding steroid dienone is 3. The Morgan fingerprint density at radius 3 is 2.23 bits per heavy atom. The molecule has 0 heterocycles. The molecule has 0 saturated carbocycles. The third-order valence-corrected chi connectivity index (χ3v) is 4.36. The van der Waals surface area contributed by atoms with Crippen LogP contribution in [0.3, 0.4) is 0 Å². The Bertz CT molecular complexity index is 323. The van der Waals surface area contributed by atoms with Crippen molar-refractivity contribution in [2.24, 2.45) is 11.8 Å². The van der Waals surface area contributed by atoms with Gasteiger partial charge in [-0.1, -0.05) is 57.3 Å². The summed E-state index contributed by atoms with van der Waals surface area (Å²) in [6.45, 7) is 12.3. The molecule has 0 amide bonds. The normalized spacial score (nSPS) is 13.5. The lowest BCUT2D eigenvalue weighted by molar-refractivity contribution is -0.123. The number of hydrogen-bond donors (Lipinski definition) is 0. The van der Waals surface area contributed by atoms with E-state index in [1.165, 1.54) is 37.7 Å². The molecule has 0 saturated heterocycles. The highest BCUT2D eigenvalue weighted by atomic mass is 16.1. The van der Waals surface area contributed by atoms with Gasteiger partial charge in [-0.15, -0.1) is 6.58 Å². The molecule has 0 N–H and O–H groups in total. The number of rotatable bonds is 14. The Morgan fingerprint density at radius 2 is 1.59 bits per heavy atom. The van der Waals surface area contributed by atoms with E-state index in [9.17, 15) is 4.79 Å². The number of carbonyl (C=O) groups is 1. The molecule has 0 aliphatic carbocycles. The van der Waals surface area contributed by atoms with E-state index in [1.807, 2.05) is 6.08 Å². The molecular weight excluding hydrogens is 268 g/mol. The van der Waals surface area contributed by atoms with Crippen LogP contribution >= 0.6 is 0 Å². The average molecular weight is 307 g/mol. The van der Waals surface area contributed by atoms with Gasteiger partial charge in [0.2, 0.25) is 0 Å². The number of carbonyl (C=O) groups excluding carboxylic acids is 1. The molecule has 0 rings (SSSR count). The zero-order chi connectivity index (χ0) is 16.8. The van der Waals surface area contributed by atoms with E-state index in [2.05, 4.69) is 40.3 Å². The van der Waals surface area contributed by atoms with Gasteiger partial charge in [-0.2, -0.15) is 0 Å². The molecule has 0 aromatic carbocycles. The predicted molar refractivity (Wildman–Crippen MR) is 99.1 cm³/mol. The maximum Gasteiger partial charge on any atom is 0.135 e. The minimum absolute atomic E-state index is 0.249. The Kier molecular flexibility index (Phi) is 13.3. The molecular formula is C21H38O. The van der Waals surface area contributed by atoms with Crippen molar-refractivity contribution in [3.8, 4) is 0 Å². The molecule has 0 aliphatic rings. The first-order valence-corrected chi connectivity index (χ1v) is 9.24. The van der Waals surface area contributed by atoms with Crippen LogP contribution in [0.1, 0.15) is 91.9 Å². The Balaban J connectivity index is 3.69. The smallest absolute Gasteiger partial charge is 0.135 e. The molecule has 0 bridgehead atoms. The third-order valence-electron chi connectivity index (χ3n) is 4.36. The molecule has 2 atom stereocenters.